The number of hydrogen-bond donors (Lipinski definition) is 1. The van der Waals surface area contributed by atoms with E-state index in [2.05, 4.69) is 12.2 Å². The van der Waals surface area contributed by atoms with Gasteiger partial charge in [0, 0.05) is 13.2 Å². The highest BCUT2D eigenvalue weighted by Gasteiger charge is 2.23. The molecule has 2 heteroatoms. The molecule has 0 aromatic heterocycles. The Kier molecular flexibility index (Phi) is 3.87. The molecule has 11 heavy (non-hydrogen) atoms. The van der Waals surface area contributed by atoms with Crippen LogP contribution in [0.1, 0.15) is 32.6 Å². The second-order valence-corrected chi connectivity index (χ2v) is 3.32. The highest BCUT2D eigenvalue weighted by Crippen LogP contribution is 2.20. The van der Waals surface area contributed by atoms with Crippen LogP contribution in [0.15, 0.2) is 0 Å². The van der Waals surface area contributed by atoms with Crippen LogP contribution in [0, 0.1) is 0 Å². The van der Waals surface area contributed by atoms with E-state index in [9.17, 15) is 0 Å². The molecule has 1 aliphatic carbocycles. The van der Waals surface area contributed by atoms with Gasteiger partial charge in [0.2, 0.25) is 0 Å². The average Bonchev–Trinajstić information content (AvgIpc) is 2.48. The van der Waals surface area contributed by atoms with Gasteiger partial charge in [0.1, 0.15) is 0 Å². The monoisotopic (exact) mass is 157 g/mol. The Morgan fingerprint density at radius 2 is 2.27 bits per heavy atom. The second-order valence-electron chi connectivity index (χ2n) is 3.32. The number of methoxy groups -OCH3 is 1. The summed E-state index contributed by atoms with van der Waals surface area (Å²) in [5.74, 6) is 0. The van der Waals surface area contributed by atoms with E-state index in [0.29, 0.717) is 6.10 Å². The van der Waals surface area contributed by atoms with Crippen molar-refractivity contribution >= 4 is 0 Å². The third-order valence-electron chi connectivity index (χ3n) is 2.40. The maximum Gasteiger partial charge on any atom is 0.0586 e. The highest BCUT2D eigenvalue weighted by molar-refractivity contribution is 4.80. The average molecular weight is 157 g/mol. The number of rotatable bonds is 4. The highest BCUT2D eigenvalue weighted by atomic mass is 16.5. The van der Waals surface area contributed by atoms with Gasteiger partial charge in [-0.3, -0.25) is 0 Å². The van der Waals surface area contributed by atoms with Crippen molar-refractivity contribution in [1.82, 2.24) is 5.32 Å². The predicted octanol–water partition coefficient (Wildman–Crippen LogP) is 1.55. The maximum absolute atomic E-state index is 5.28. The molecule has 1 aliphatic rings. The van der Waals surface area contributed by atoms with Crippen LogP contribution < -0.4 is 5.32 Å². The molecule has 0 saturated heterocycles. The summed E-state index contributed by atoms with van der Waals surface area (Å²) in [6.45, 7) is 3.36. The van der Waals surface area contributed by atoms with Crippen molar-refractivity contribution in [3.63, 3.8) is 0 Å². The maximum atomic E-state index is 5.28. The molecule has 2 unspecified atom stereocenters. The van der Waals surface area contributed by atoms with Gasteiger partial charge in [-0.2, -0.15) is 0 Å². The third kappa shape index (κ3) is 2.80. The van der Waals surface area contributed by atoms with Gasteiger partial charge in [0.05, 0.1) is 6.10 Å². The lowest BCUT2D eigenvalue weighted by atomic mass is 10.2. The molecule has 0 bridgehead atoms. The van der Waals surface area contributed by atoms with Gasteiger partial charge in [-0.25, -0.2) is 0 Å². The second kappa shape index (κ2) is 4.73. The minimum Gasteiger partial charge on any atom is -0.381 e. The molecule has 0 amide bonds. The lowest BCUT2D eigenvalue weighted by Gasteiger charge is -2.11. The fraction of sp³-hybridized carbons (Fsp3) is 1.00. The zero-order valence-corrected chi connectivity index (χ0v) is 7.60. The molecule has 0 heterocycles. The van der Waals surface area contributed by atoms with Gasteiger partial charge in [-0.1, -0.05) is 6.92 Å². The number of ether oxygens (including phenoxy) is 1. The SMILES string of the molecule is CCCNC1CCC(OC)C1. The normalized spacial score (nSPS) is 31.1. The Bertz CT molecular complexity index is 106. The Labute approximate surface area is 69.3 Å². The molecule has 0 aromatic rings. The largest absolute Gasteiger partial charge is 0.381 e. The summed E-state index contributed by atoms with van der Waals surface area (Å²) in [5.41, 5.74) is 0. The molecule has 1 saturated carbocycles. The standard InChI is InChI=1S/C9H19NO/c1-3-6-10-8-4-5-9(7-8)11-2/h8-10H,3-7H2,1-2H3. The summed E-state index contributed by atoms with van der Waals surface area (Å²) < 4.78 is 5.28. The van der Waals surface area contributed by atoms with E-state index in [0.717, 1.165) is 12.6 Å². The Balaban J connectivity index is 2.09. The quantitative estimate of drug-likeness (QED) is 0.668. The topological polar surface area (TPSA) is 21.3 Å². The molecule has 2 atom stereocenters. The van der Waals surface area contributed by atoms with Gasteiger partial charge >= 0.3 is 0 Å². The summed E-state index contributed by atoms with van der Waals surface area (Å²) in [5, 5.41) is 3.52. The summed E-state index contributed by atoms with van der Waals surface area (Å²) in [6.07, 6.45) is 5.48. The van der Waals surface area contributed by atoms with Gasteiger partial charge in [0.15, 0.2) is 0 Å². The summed E-state index contributed by atoms with van der Waals surface area (Å²) in [7, 11) is 1.81. The van der Waals surface area contributed by atoms with Crippen molar-refractivity contribution in [1.29, 1.82) is 0 Å². The van der Waals surface area contributed by atoms with E-state index < -0.39 is 0 Å². The van der Waals surface area contributed by atoms with E-state index >= 15 is 0 Å². The van der Waals surface area contributed by atoms with Crippen molar-refractivity contribution in [2.24, 2.45) is 0 Å². The fourth-order valence-corrected chi connectivity index (χ4v) is 1.69. The zero-order valence-electron chi connectivity index (χ0n) is 7.60. The van der Waals surface area contributed by atoms with E-state index in [4.69, 9.17) is 4.74 Å². The first-order valence-corrected chi connectivity index (χ1v) is 4.63. The third-order valence-corrected chi connectivity index (χ3v) is 2.40. The first-order chi connectivity index (χ1) is 5.36. The minimum atomic E-state index is 0.518. The first-order valence-electron chi connectivity index (χ1n) is 4.63. The summed E-state index contributed by atoms with van der Waals surface area (Å²) in [4.78, 5) is 0. The Hall–Kier alpha value is -0.0800. The first kappa shape index (κ1) is 9.01. The minimum absolute atomic E-state index is 0.518. The van der Waals surface area contributed by atoms with Crippen molar-refractivity contribution < 1.29 is 4.74 Å². The van der Waals surface area contributed by atoms with Crippen LogP contribution in [0.25, 0.3) is 0 Å². The van der Waals surface area contributed by atoms with Crippen molar-refractivity contribution in [2.75, 3.05) is 13.7 Å². The van der Waals surface area contributed by atoms with Gasteiger partial charge < -0.3 is 10.1 Å². The van der Waals surface area contributed by atoms with Crippen LogP contribution in [0.3, 0.4) is 0 Å². The van der Waals surface area contributed by atoms with E-state index in [-0.39, 0.29) is 0 Å². The van der Waals surface area contributed by atoms with Crippen LogP contribution in [-0.4, -0.2) is 25.8 Å². The molecule has 0 spiro atoms. The van der Waals surface area contributed by atoms with E-state index in [1.165, 1.54) is 25.7 Å². The molecule has 1 rings (SSSR count). The van der Waals surface area contributed by atoms with E-state index in [1.807, 2.05) is 7.11 Å². The molecule has 0 aliphatic heterocycles. The molecule has 0 radical (unpaired) electrons. The molecule has 0 aromatic carbocycles. The zero-order chi connectivity index (χ0) is 8.10. The Morgan fingerprint density at radius 1 is 1.45 bits per heavy atom. The molecule has 2 nitrogen and oxygen atoms in total. The lowest BCUT2D eigenvalue weighted by Crippen LogP contribution is -2.27. The van der Waals surface area contributed by atoms with Crippen molar-refractivity contribution in [3.05, 3.63) is 0 Å². The van der Waals surface area contributed by atoms with Crippen LogP contribution in [0.4, 0.5) is 0 Å². The number of hydrogen-bond acceptors (Lipinski definition) is 2. The van der Waals surface area contributed by atoms with Gasteiger partial charge in [-0.05, 0) is 32.2 Å². The van der Waals surface area contributed by atoms with E-state index in [1.54, 1.807) is 0 Å². The molecule has 1 fully saturated rings. The lowest BCUT2D eigenvalue weighted by molar-refractivity contribution is 0.107. The van der Waals surface area contributed by atoms with Crippen molar-refractivity contribution in [3.8, 4) is 0 Å². The van der Waals surface area contributed by atoms with Gasteiger partial charge in [0.25, 0.3) is 0 Å². The van der Waals surface area contributed by atoms with Crippen molar-refractivity contribution in [2.45, 2.75) is 44.8 Å². The molecule has 1 N–H and O–H groups in total. The summed E-state index contributed by atoms with van der Waals surface area (Å²) in [6, 6.07) is 0.722. The Morgan fingerprint density at radius 3 is 2.82 bits per heavy atom. The smallest absolute Gasteiger partial charge is 0.0586 e. The predicted molar refractivity (Wildman–Crippen MR) is 46.7 cm³/mol. The van der Waals surface area contributed by atoms with Crippen LogP contribution >= 0.6 is 0 Å². The summed E-state index contributed by atoms with van der Waals surface area (Å²) >= 11 is 0. The fourth-order valence-electron chi connectivity index (χ4n) is 1.69. The molecular weight excluding hydrogens is 138 g/mol. The molecular formula is C9H19NO. The molecule has 66 valence electrons. The number of nitrogens with one attached hydrogen (secondary N) is 1. The van der Waals surface area contributed by atoms with Gasteiger partial charge in [-0.15, -0.1) is 0 Å². The van der Waals surface area contributed by atoms with Crippen LogP contribution in [0.2, 0.25) is 0 Å². The van der Waals surface area contributed by atoms with Crippen LogP contribution in [-0.2, 0) is 4.74 Å². The van der Waals surface area contributed by atoms with Crippen LogP contribution in [0.5, 0.6) is 0 Å².